The van der Waals surface area contributed by atoms with Crippen molar-refractivity contribution in [3.63, 3.8) is 0 Å². The van der Waals surface area contributed by atoms with Crippen LogP contribution in [0.15, 0.2) is 72.8 Å². The lowest BCUT2D eigenvalue weighted by molar-refractivity contribution is -0.125. The lowest BCUT2D eigenvalue weighted by Crippen LogP contribution is -2.37. The number of carbonyl (C=O) groups excluding carboxylic acids is 2. The van der Waals surface area contributed by atoms with Gasteiger partial charge in [-0.1, -0.05) is 72.5 Å². The van der Waals surface area contributed by atoms with Crippen LogP contribution in [0.3, 0.4) is 0 Å². The summed E-state index contributed by atoms with van der Waals surface area (Å²) in [6.07, 6.45) is 0.239. The van der Waals surface area contributed by atoms with Crippen molar-refractivity contribution in [3.8, 4) is 11.8 Å². The highest BCUT2D eigenvalue weighted by atomic mass is 16.2. The molecule has 0 radical (unpaired) electrons. The van der Waals surface area contributed by atoms with Crippen molar-refractivity contribution in [3.05, 3.63) is 83.9 Å². The Bertz CT molecular complexity index is 996. The fourth-order valence-corrected chi connectivity index (χ4v) is 2.73. The van der Waals surface area contributed by atoms with Crippen LogP contribution < -0.4 is 10.6 Å². The normalized spacial score (nSPS) is 9.93. The maximum Gasteiger partial charge on any atom is 0.240 e. The molecular formula is C23H20N2O2. The molecule has 4 heteroatoms. The lowest BCUT2D eigenvalue weighted by atomic mass is 10.0. The highest BCUT2D eigenvalue weighted by Gasteiger charge is 2.08. The van der Waals surface area contributed by atoms with E-state index < -0.39 is 0 Å². The van der Waals surface area contributed by atoms with Crippen LogP contribution in [-0.2, 0) is 16.0 Å². The van der Waals surface area contributed by atoms with Gasteiger partial charge in [-0.3, -0.25) is 9.59 Å². The van der Waals surface area contributed by atoms with E-state index in [1.54, 1.807) is 0 Å². The molecule has 0 unspecified atom stereocenters. The first-order valence-electron chi connectivity index (χ1n) is 8.76. The second kappa shape index (κ2) is 9.21. The van der Waals surface area contributed by atoms with Crippen molar-refractivity contribution in [2.45, 2.75) is 6.42 Å². The zero-order valence-electron chi connectivity index (χ0n) is 14.9. The largest absolute Gasteiger partial charge is 0.347 e. The Hall–Kier alpha value is -3.58. The summed E-state index contributed by atoms with van der Waals surface area (Å²) < 4.78 is 0. The summed E-state index contributed by atoms with van der Waals surface area (Å²) in [7, 11) is 0. The van der Waals surface area contributed by atoms with Gasteiger partial charge in [-0.25, -0.2) is 0 Å². The summed E-state index contributed by atoms with van der Waals surface area (Å²) in [4.78, 5) is 24.0. The van der Waals surface area contributed by atoms with Crippen LogP contribution in [-0.4, -0.2) is 24.9 Å². The minimum Gasteiger partial charge on any atom is -0.347 e. The summed E-state index contributed by atoms with van der Waals surface area (Å²) in [5.41, 5.74) is 1.84. The quantitative estimate of drug-likeness (QED) is 0.691. The van der Waals surface area contributed by atoms with Crippen molar-refractivity contribution >= 4 is 22.6 Å². The predicted octanol–water partition coefficient (Wildman–Crippen LogP) is 2.67. The van der Waals surface area contributed by atoms with Gasteiger partial charge in [0.15, 0.2) is 0 Å². The van der Waals surface area contributed by atoms with Crippen molar-refractivity contribution in [2.75, 3.05) is 13.1 Å². The molecule has 2 N–H and O–H groups in total. The lowest BCUT2D eigenvalue weighted by Gasteiger charge is -2.08. The van der Waals surface area contributed by atoms with Crippen molar-refractivity contribution in [2.24, 2.45) is 0 Å². The molecule has 0 bridgehead atoms. The molecule has 0 fully saturated rings. The number of amides is 2. The third-order valence-corrected chi connectivity index (χ3v) is 4.06. The fraction of sp³-hybridized carbons (Fsp3) is 0.130. The topological polar surface area (TPSA) is 58.2 Å². The Morgan fingerprint density at radius 1 is 0.778 bits per heavy atom. The molecule has 134 valence electrons. The molecule has 0 saturated heterocycles. The number of hydrogen-bond donors (Lipinski definition) is 2. The average Bonchev–Trinajstić information content (AvgIpc) is 2.71. The zero-order chi connectivity index (χ0) is 18.9. The summed E-state index contributed by atoms with van der Waals surface area (Å²) in [6.45, 7) is 0.184. The second-order valence-electron chi connectivity index (χ2n) is 6.04. The molecule has 27 heavy (non-hydrogen) atoms. The molecule has 0 saturated carbocycles. The maximum absolute atomic E-state index is 12.2. The second-order valence-corrected chi connectivity index (χ2v) is 6.04. The van der Waals surface area contributed by atoms with E-state index in [9.17, 15) is 9.59 Å². The Morgan fingerprint density at radius 2 is 1.52 bits per heavy atom. The molecule has 0 aliphatic rings. The van der Waals surface area contributed by atoms with Crippen LogP contribution in [0.4, 0.5) is 0 Å². The Labute approximate surface area is 158 Å². The van der Waals surface area contributed by atoms with Gasteiger partial charge in [0, 0.05) is 5.56 Å². The first-order chi connectivity index (χ1) is 13.2. The van der Waals surface area contributed by atoms with Gasteiger partial charge >= 0.3 is 0 Å². The van der Waals surface area contributed by atoms with Crippen LogP contribution in [0.2, 0.25) is 0 Å². The number of fused-ring (bicyclic) bond motifs is 1. The third-order valence-electron chi connectivity index (χ3n) is 4.06. The van der Waals surface area contributed by atoms with Crippen molar-refractivity contribution in [1.29, 1.82) is 0 Å². The van der Waals surface area contributed by atoms with E-state index >= 15 is 0 Å². The molecule has 0 aromatic heterocycles. The molecule has 0 heterocycles. The molecule has 3 rings (SSSR count). The summed E-state index contributed by atoms with van der Waals surface area (Å²) >= 11 is 0. The molecule has 3 aromatic carbocycles. The van der Waals surface area contributed by atoms with E-state index in [1.165, 1.54) is 0 Å². The maximum atomic E-state index is 12.2. The fourth-order valence-electron chi connectivity index (χ4n) is 2.73. The monoisotopic (exact) mass is 356 g/mol. The SMILES string of the molecule is O=C(CNC(=O)Cc1cccc2ccccc12)NCC#Cc1ccccc1. The van der Waals surface area contributed by atoms with Crippen LogP contribution in [0, 0.1) is 11.8 Å². The van der Waals surface area contributed by atoms with Crippen LogP contribution in [0.25, 0.3) is 10.8 Å². The smallest absolute Gasteiger partial charge is 0.240 e. The molecule has 0 aliphatic carbocycles. The molecule has 0 atom stereocenters. The molecule has 0 spiro atoms. The van der Waals surface area contributed by atoms with Gasteiger partial charge in [0.1, 0.15) is 0 Å². The summed E-state index contributed by atoms with van der Waals surface area (Å²) in [6, 6.07) is 23.4. The van der Waals surface area contributed by atoms with E-state index in [0.29, 0.717) is 0 Å². The van der Waals surface area contributed by atoms with E-state index in [2.05, 4.69) is 22.5 Å². The molecule has 0 aliphatic heterocycles. The Kier molecular flexibility index (Phi) is 6.21. The van der Waals surface area contributed by atoms with Gasteiger partial charge in [0.2, 0.25) is 11.8 Å². The van der Waals surface area contributed by atoms with E-state index in [-0.39, 0.29) is 31.3 Å². The molecule has 3 aromatic rings. The van der Waals surface area contributed by atoms with Gasteiger partial charge in [0.05, 0.1) is 19.5 Å². The minimum atomic E-state index is -0.261. The van der Waals surface area contributed by atoms with Crippen LogP contribution in [0.5, 0.6) is 0 Å². The molecular weight excluding hydrogens is 336 g/mol. The first kappa shape index (κ1) is 18.2. The van der Waals surface area contributed by atoms with Gasteiger partial charge in [-0.2, -0.15) is 0 Å². The number of rotatable bonds is 5. The van der Waals surface area contributed by atoms with E-state index in [0.717, 1.165) is 21.9 Å². The highest BCUT2D eigenvalue weighted by molar-refractivity contribution is 5.91. The van der Waals surface area contributed by atoms with Crippen molar-refractivity contribution < 1.29 is 9.59 Å². The predicted molar refractivity (Wildman–Crippen MR) is 107 cm³/mol. The standard InChI is InChI=1S/C23H20N2O2/c26-22(16-20-13-6-12-19-11-4-5-14-21(19)20)25-17-23(27)24-15-7-10-18-8-2-1-3-9-18/h1-6,8-9,11-14H,15-17H2,(H,24,27)(H,25,26). The average molecular weight is 356 g/mol. The van der Waals surface area contributed by atoms with Crippen LogP contribution >= 0.6 is 0 Å². The Balaban J connectivity index is 1.45. The number of hydrogen-bond acceptors (Lipinski definition) is 2. The van der Waals surface area contributed by atoms with E-state index in [4.69, 9.17) is 0 Å². The zero-order valence-corrected chi connectivity index (χ0v) is 14.9. The van der Waals surface area contributed by atoms with Gasteiger partial charge in [-0.15, -0.1) is 0 Å². The Morgan fingerprint density at radius 3 is 2.37 bits per heavy atom. The highest BCUT2D eigenvalue weighted by Crippen LogP contribution is 2.18. The number of benzene rings is 3. The van der Waals surface area contributed by atoms with Gasteiger partial charge in [0.25, 0.3) is 0 Å². The van der Waals surface area contributed by atoms with Gasteiger partial charge in [-0.05, 0) is 28.5 Å². The van der Waals surface area contributed by atoms with Crippen LogP contribution in [0.1, 0.15) is 11.1 Å². The number of carbonyl (C=O) groups is 2. The van der Waals surface area contributed by atoms with E-state index in [1.807, 2.05) is 72.8 Å². The molecule has 2 amide bonds. The number of nitrogens with one attached hydrogen (secondary N) is 2. The third kappa shape index (κ3) is 5.45. The van der Waals surface area contributed by atoms with Gasteiger partial charge < -0.3 is 10.6 Å². The minimum absolute atomic E-state index is 0.0589. The van der Waals surface area contributed by atoms with Crippen molar-refractivity contribution in [1.82, 2.24) is 10.6 Å². The first-order valence-corrected chi connectivity index (χ1v) is 8.76. The summed E-state index contributed by atoms with van der Waals surface area (Å²) in [5.74, 6) is 5.40. The summed E-state index contributed by atoms with van der Waals surface area (Å²) in [5, 5.41) is 7.48. The molecule has 4 nitrogen and oxygen atoms in total.